The average molecular weight is 497 g/mol. The van der Waals surface area contributed by atoms with Gasteiger partial charge in [-0.15, -0.1) is 0 Å². The minimum atomic E-state index is -1.16. The number of furan rings is 1. The third kappa shape index (κ3) is 5.77. The Labute approximate surface area is 191 Å². The summed E-state index contributed by atoms with van der Waals surface area (Å²) in [5, 5.41) is 21.0. The van der Waals surface area contributed by atoms with E-state index in [0.717, 1.165) is 4.47 Å². The van der Waals surface area contributed by atoms with Gasteiger partial charge in [0, 0.05) is 10.2 Å². The molecule has 3 rings (SSSR count). The van der Waals surface area contributed by atoms with E-state index in [1.54, 1.807) is 42.5 Å². The maximum absolute atomic E-state index is 12.4. The van der Waals surface area contributed by atoms with Crippen molar-refractivity contribution < 1.29 is 28.6 Å². The van der Waals surface area contributed by atoms with E-state index in [0.29, 0.717) is 28.5 Å². The lowest BCUT2D eigenvalue weighted by Gasteiger charge is -2.11. The molecule has 0 atom stereocenters. The van der Waals surface area contributed by atoms with Gasteiger partial charge in [-0.3, -0.25) is 4.79 Å². The first kappa shape index (κ1) is 22.7. The monoisotopic (exact) mass is 496 g/mol. The van der Waals surface area contributed by atoms with Gasteiger partial charge in [0.05, 0.1) is 7.11 Å². The quantitative estimate of drug-likeness (QED) is 0.336. The number of anilines is 1. The molecular weight excluding hydrogens is 480 g/mol. The van der Waals surface area contributed by atoms with E-state index >= 15 is 0 Å². The number of methoxy groups -OCH3 is 1. The van der Waals surface area contributed by atoms with Crippen LogP contribution in [-0.2, 0) is 11.4 Å². The van der Waals surface area contributed by atoms with E-state index in [-0.39, 0.29) is 17.9 Å². The summed E-state index contributed by atoms with van der Waals surface area (Å²) < 4.78 is 17.0. The highest BCUT2D eigenvalue weighted by Crippen LogP contribution is 2.30. The van der Waals surface area contributed by atoms with E-state index in [2.05, 4.69) is 21.2 Å². The lowest BCUT2D eigenvalue weighted by atomic mass is 10.1. The van der Waals surface area contributed by atoms with Gasteiger partial charge in [0.25, 0.3) is 5.91 Å². The lowest BCUT2D eigenvalue weighted by Crippen LogP contribution is -2.13. The van der Waals surface area contributed by atoms with Gasteiger partial charge in [0.1, 0.15) is 24.0 Å². The molecule has 0 fully saturated rings. The predicted octanol–water partition coefficient (Wildman–Crippen LogP) is 4.87. The predicted molar refractivity (Wildman–Crippen MR) is 119 cm³/mol. The second-order valence-electron chi connectivity index (χ2n) is 6.40. The van der Waals surface area contributed by atoms with Crippen molar-refractivity contribution in [2.24, 2.45) is 0 Å². The number of carboxylic acid groups (broad SMARTS) is 1. The van der Waals surface area contributed by atoms with Gasteiger partial charge < -0.3 is 24.3 Å². The number of benzene rings is 2. The van der Waals surface area contributed by atoms with E-state index in [1.165, 1.54) is 25.3 Å². The van der Waals surface area contributed by atoms with Crippen LogP contribution in [0.4, 0.5) is 5.69 Å². The average Bonchev–Trinajstić information content (AvgIpc) is 3.27. The molecule has 0 unspecified atom stereocenters. The molecular formula is C23H17BrN2O6. The summed E-state index contributed by atoms with van der Waals surface area (Å²) >= 11 is 3.32. The Morgan fingerprint density at radius 2 is 1.91 bits per heavy atom. The highest BCUT2D eigenvalue weighted by Gasteiger charge is 2.13. The summed E-state index contributed by atoms with van der Waals surface area (Å²) in [4.78, 5) is 23.3. The molecule has 0 spiro atoms. The first-order chi connectivity index (χ1) is 15.4. The van der Waals surface area contributed by atoms with Crippen molar-refractivity contribution in [2.75, 3.05) is 12.4 Å². The zero-order valence-corrected chi connectivity index (χ0v) is 18.4. The third-order valence-corrected chi connectivity index (χ3v) is 4.74. The fourth-order valence-corrected chi connectivity index (χ4v) is 2.92. The Bertz CT molecular complexity index is 1210. The van der Waals surface area contributed by atoms with Crippen LogP contribution in [0.3, 0.4) is 0 Å². The van der Waals surface area contributed by atoms with Crippen molar-refractivity contribution in [3.8, 4) is 17.6 Å². The summed E-state index contributed by atoms with van der Waals surface area (Å²) in [6, 6.07) is 16.6. The number of amides is 1. The van der Waals surface area contributed by atoms with Crippen molar-refractivity contribution in [1.29, 1.82) is 5.26 Å². The number of halogens is 1. The van der Waals surface area contributed by atoms with Gasteiger partial charge in [-0.25, -0.2) is 4.79 Å². The number of nitrogens with one attached hydrogen (secondary N) is 1. The number of nitriles is 1. The molecule has 8 nitrogen and oxygen atoms in total. The number of rotatable bonds is 8. The summed E-state index contributed by atoms with van der Waals surface area (Å²) in [5.74, 6) is -0.792. The van der Waals surface area contributed by atoms with Gasteiger partial charge in [-0.2, -0.15) is 5.26 Å². The number of hydrogen-bond donors (Lipinski definition) is 2. The Kier molecular flexibility index (Phi) is 7.31. The summed E-state index contributed by atoms with van der Waals surface area (Å²) in [6.07, 6.45) is 1.44. The molecule has 1 heterocycles. The van der Waals surface area contributed by atoms with Crippen molar-refractivity contribution in [3.05, 3.63) is 81.7 Å². The molecule has 0 aliphatic rings. The molecule has 0 aliphatic carbocycles. The van der Waals surface area contributed by atoms with Crippen LogP contribution in [0.2, 0.25) is 0 Å². The molecule has 3 aromatic rings. The zero-order chi connectivity index (χ0) is 23.1. The lowest BCUT2D eigenvalue weighted by molar-refractivity contribution is -0.112. The van der Waals surface area contributed by atoms with E-state index < -0.39 is 11.9 Å². The number of carbonyl (C=O) groups is 2. The summed E-state index contributed by atoms with van der Waals surface area (Å²) in [6.45, 7) is -0.00212. The first-order valence-corrected chi connectivity index (χ1v) is 10.0. The van der Waals surface area contributed by atoms with Gasteiger partial charge in [-0.1, -0.05) is 22.0 Å². The molecule has 0 saturated carbocycles. The number of nitrogens with zero attached hydrogens (tertiary/aromatic N) is 1. The van der Waals surface area contributed by atoms with Gasteiger partial charge >= 0.3 is 5.97 Å². The number of aromatic carboxylic acids is 1. The fraction of sp³-hybridized carbons (Fsp3) is 0.0870. The molecule has 0 bridgehead atoms. The van der Waals surface area contributed by atoms with Crippen LogP contribution < -0.4 is 14.8 Å². The maximum Gasteiger partial charge on any atom is 0.371 e. The highest BCUT2D eigenvalue weighted by molar-refractivity contribution is 9.10. The molecule has 0 radical (unpaired) electrons. The molecule has 1 aromatic heterocycles. The minimum absolute atomic E-state index is 0.00212. The molecule has 162 valence electrons. The van der Waals surface area contributed by atoms with Gasteiger partial charge in [0.2, 0.25) is 5.76 Å². The molecule has 2 N–H and O–H groups in total. The second-order valence-corrected chi connectivity index (χ2v) is 7.32. The van der Waals surface area contributed by atoms with Crippen LogP contribution >= 0.6 is 15.9 Å². The smallest absolute Gasteiger partial charge is 0.371 e. The normalized spacial score (nSPS) is 10.8. The number of carbonyl (C=O) groups excluding carboxylic acids is 1. The second kappa shape index (κ2) is 10.3. The SMILES string of the molecule is COc1cc(C=C(C#N)C(=O)Nc2ccc(Br)cc2)ccc1OCc1ccc(C(=O)O)o1. The standard InChI is InChI=1S/C23H17BrN2O6/c1-30-21-11-14(2-8-19(21)31-13-18-7-9-20(32-18)23(28)29)10-15(12-25)22(27)26-17-5-3-16(24)4-6-17/h2-11H,13H2,1H3,(H,26,27)(H,28,29). The summed E-state index contributed by atoms with van der Waals surface area (Å²) in [5.41, 5.74) is 1.04. The van der Waals surface area contributed by atoms with Gasteiger partial charge in [0.15, 0.2) is 11.5 Å². The van der Waals surface area contributed by atoms with E-state index in [9.17, 15) is 14.9 Å². The van der Waals surface area contributed by atoms with E-state index in [4.69, 9.17) is 19.0 Å². The Hall–Kier alpha value is -4.03. The molecule has 32 heavy (non-hydrogen) atoms. The Balaban J connectivity index is 1.73. The fourth-order valence-electron chi connectivity index (χ4n) is 2.66. The zero-order valence-electron chi connectivity index (χ0n) is 16.8. The Morgan fingerprint density at radius 3 is 2.53 bits per heavy atom. The van der Waals surface area contributed by atoms with Crippen LogP contribution in [0.15, 0.2) is 69.1 Å². The van der Waals surface area contributed by atoms with E-state index in [1.807, 2.05) is 6.07 Å². The molecule has 0 aliphatic heterocycles. The minimum Gasteiger partial charge on any atom is -0.493 e. The van der Waals surface area contributed by atoms with Gasteiger partial charge in [-0.05, 0) is 60.2 Å². The summed E-state index contributed by atoms with van der Waals surface area (Å²) in [7, 11) is 1.45. The van der Waals surface area contributed by atoms with Crippen LogP contribution in [-0.4, -0.2) is 24.1 Å². The molecule has 0 saturated heterocycles. The molecule has 1 amide bonds. The number of hydrogen-bond acceptors (Lipinski definition) is 6. The van der Waals surface area contributed by atoms with Crippen LogP contribution in [0, 0.1) is 11.3 Å². The topological polar surface area (TPSA) is 122 Å². The largest absolute Gasteiger partial charge is 0.493 e. The highest BCUT2D eigenvalue weighted by atomic mass is 79.9. The van der Waals surface area contributed by atoms with Crippen molar-refractivity contribution in [1.82, 2.24) is 0 Å². The number of ether oxygens (including phenoxy) is 2. The van der Waals surface area contributed by atoms with Crippen molar-refractivity contribution in [3.63, 3.8) is 0 Å². The third-order valence-electron chi connectivity index (χ3n) is 4.21. The number of carboxylic acids is 1. The van der Waals surface area contributed by atoms with Crippen molar-refractivity contribution in [2.45, 2.75) is 6.61 Å². The van der Waals surface area contributed by atoms with Crippen LogP contribution in [0.25, 0.3) is 6.08 Å². The van der Waals surface area contributed by atoms with Crippen LogP contribution in [0.5, 0.6) is 11.5 Å². The molecule has 2 aromatic carbocycles. The first-order valence-electron chi connectivity index (χ1n) is 9.21. The van der Waals surface area contributed by atoms with Crippen LogP contribution in [0.1, 0.15) is 21.9 Å². The Morgan fingerprint density at radius 1 is 1.16 bits per heavy atom. The molecule has 9 heteroatoms. The maximum atomic E-state index is 12.4. The van der Waals surface area contributed by atoms with Crippen molar-refractivity contribution >= 4 is 39.6 Å².